The maximum atomic E-state index is 13.5. The molecule has 1 unspecified atom stereocenters. The summed E-state index contributed by atoms with van der Waals surface area (Å²) in [4.78, 5) is 5.38. The number of benzene rings is 2. The number of nitrogens with one attached hydrogen (secondary N) is 1. The Morgan fingerprint density at radius 2 is 1.90 bits per heavy atom. The first-order valence-corrected chi connectivity index (χ1v) is 10.0. The van der Waals surface area contributed by atoms with Crippen LogP contribution in [0, 0.1) is 0 Å². The van der Waals surface area contributed by atoms with Crippen LogP contribution in [-0.4, -0.2) is 23.0 Å². The van der Waals surface area contributed by atoms with Gasteiger partial charge in [-0.1, -0.05) is 29.8 Å². The highest BCUT2D eigenvalue weighted by atomic mass is 19.4. The highest BCUT2D eigenvalue weighted by molar-refractivity contribution is 5.84. The number of hydrogen-bond donors (Lipinski definition) is 1. The molecule has 2 aromatic carbocycles. The van der Waals surface area contributed by atoms with Gasteiger partial charge in [0.05, 0.1) is 5.56 Å². The van der Waals surface area contributed by atoms with Gasteiger partial charge in [-0.3, -0.25) is 4.90 Å². The Morgan fingerprint density at radius 1 is 1.10 bits per heavy atom. The van der Waals surface area contributed by atoms with Gasteiger partial charge >= 0.3 is 6.18 Å². The second-order valence-electron chi connectivity index (χ2n) is 7.84. The molecule has 0 saturated carbocycles. The summed E-state index contributed by atoms with van der Waals surface area (Å²) in [6.07, 6.45) is -0.459. The van der Waals surface area contributed by atoms with E-state index < -0.39 is 11.7 Å². The molecule has 0 radical (unpaired) electrons. The molecule has 3 aromatic rings. The normalized spacial score (nSPS) is 18.8. The number of H-pyrrole nitrogens is 1. The first-order chi connectivity index (χ1) is 13.8. The third kappa shape index (κ3) is 3.97. The first kappa shape index (κ1) is 19.8. The maximum Gasteiger partial charge on any atom is 0.416 e. The predicted octanol–water partition coefficient (Wildman–Crippen LogP) is 6.82. The van der Waals surface area contributed by atoms with Crippen LogP contribution >= 0.6 is 0 Å². The molecule has 29 heavy (non-hydrogen) atoms. The zero-order valence-corrected chi connectivity index (χ0v) is 16.7. The quantitative estimate of drug-likeness (QED) is 0.513. The number of fused-ring (bicyclic) bond motifs is 1. The van der Waals surface area contributed by atoms with E-state index >= 15 is 0 Å². The van der Waals surface area contributed by atoms with Gasteiger partial charge < -0.3 is 4.98 Å². The molecule has 1 aliphatic heterocycles. The SMILES string of the molecule is C/C(=C1\CCCN(C(C)c2ccccc2C(F)(F)F)C1)c1ccc2[nH]ccc2c1. The zero-order valence-electron chi connectivity index (χ0n) is 16.7. The van der Waals surface area contributed by atoms with Crippen LogP contribution in [0.1, 0.15) is 49.4 Å². The molecule has 0 bridgehead atoms. The lowest BCUT2D eigenvalue weighted by atomic mass is 9.92. The Morgan fingerprint density at radius 3 is 2.69 bits per heavy atom. The Hall–Kier alpha value is -2.53. The molecule has 1 aliphatic rings. The van der Waals surface area contributed by atoms with Crippen LogP contribution in [0.25, 0.3) is 16.5 Å². The molecule has 0 amide bonds. The van der Waals surface area contributed by atoms with E-state index in [1.807, 2.05) is 13.1 Å². The number of aromatic nitrogens is 1. The fourth-order valence-electron chi connectivity index (χ4n) is 4.34. The third-order valence-electron chi connectivity index (χ3n) is 6.10. The molecule has 4 rings (SSSR count). The van der Waals surface area contributed by atoms with Gasteiger partial charge in [0.15, 0.2) is 0 Å². The fraction of sp³-hybridized carbons (Fsp3) is 0.333. The molecule has 152 valence electrons. The summed E-state index contributed by atoms with van der Waals surface area (Å²) < 4.78 is 40.4. The Bertz CT molecular complexity index is 1050. The standard InChI is InChI=1S/C24H25F3N2/c1-16(18-9-10-23-19(14-18)11-12-28-23)20-6-5-13-29(15-20)17(2)21-7-3-4-8-22(21)24(25,26)27/h3-4,7-12,14,17,28H,5-6,13,15H2,1-2H3/b20-16-. The summed E-state index contributed by atoms with van der Waals surface area (Å²) >= 11 is 0. The minimum Gasteiger partial charge on any atom is -0.361 e. The molecule has 1 atom stereocenters. The van der Waals surface area contributed by atoms with E-state index in [2.05, 4.69) is 41.1 Å². The van der Waals surface area contributed by atoms with Gasteiger partial charge in [-0.25, -0.2) is 0 Å². The predicted molar refractivity (Wildman–Crippen MR) is 112 cm³/mol. The van der Waals surface area contributed by atoms with Crippen molar-refractivity contribution in [2.24, 2.45) is 0 Å². The number of alkyl halides is 3. The van der Waals surface area contributed by atoms with Gasteiger partial charge in [-0.2, -0.15) is 13.2 Å². The van der Waals surface area contributed by atoms with E-state index in [-0.39, 0.29) is 6.04 Å². The smallest absolute Gasteiger partial charge is 0.361 e. The largest absolute Gasteiger partial charge is 0.416 e. The Kier molecular flexibility index (Phi) is 5.26. The highest BCUT2D eigenvalue weighted by Gasteiger charge is 2.35. The van der Waals surface area contributed by atoms with Crippen molar-refractivity contribution in [3.8, 4) is 0 Å². The molecule has 0 spiro atoms. The summed E-state index contributed by atoms with van der Waals surface area (Å²) in [5.74, 6) is 0. The Balaban J connectivity index is 1.62. The molecule has 0 aliphatic carbocycles. The van der Waals surface area contributed by atoms with E-state index in [0.29, 0.717) is 12.1 Å². The van der Waals surface area contributed by atoms with E-state index in [1.54, 1.807) is 12.1 Å². The third-order valence-corrected chi connectivity index (χ3v) is 6.10. The van der Waals surface area contributed by atoms with Gasteiger partial charge in [-0.05, 0) is 79.6 Å². The van der Waals surface area contributed by atoms with Crippen LogP contribution in [0.4, 0.5) is 13.2 Å². The van der Waals surface area contributed by atoms with Gasteiger partial charge in [0.2, 0.25) is 0 Å². The number of piperidine rings is 1. The molecule has 1 aromatic heterocycles. The summed E-state index contributed by atoms with van der Waals surface area (Å²) in [5.41, 5.74) is 4.65. The van der Waals surface area contributed by atoms with Crippen molar-refractivity contribution in [2.45, 2.75) is 38.9 Å². The van der Waals surface area contributed by atoms with Crippen LogP contribution < -0.4 is 0 Å². The molecule has 5 heteroatoms. The fourth-order valence-corrected chi connectivity index (χ4v) is 4.34. The van der Waals surface area contributed by atoms with E-state index in [1.165, 1.54) is 34.2 Å². The van der Waals surface area contributed by atoms with Crippen molar-refractivity contribution in [1.29, 1.82) is 0 Å². The second kappa shape index (κ2) is 7.71. The average molecular weight is 398 g/mol. The number of likely N-dealkylation sites (tertiary alicyclic amines) is 1. The van der Waals surface area contributed by atoms with Crippen molar-refractivity contribution in [1.82, 2.24) is 9.88 Å². The summed E-state index contributed by atoms with van der Waals surface area (Å²) in [5, 5.41) is 1.17. The molecule has 1 N–H and O–H groups in total. The van der Waals surface area contributed by atoms with Crippen LogP contribution in [0.15, 0.2) is 60.3 Å². The molecule has 2 nitrogen and oxygen atoms in total. The van der Waals surface area contributed by atoms with Crippen molar-refractivity contribution >= 4 is 16.5 Å². The molecule has 1 fully saturated rings. The molecular formula is C24H25F3N2. The maximum absolute atomic E-state index is 13.5. The number of halogens is 3. The van der Waals surface area contributed by atoms with E-state index in [4.69, 9.17) is 0 Å². The van der Waals surface area contributed by atoms with Crippen molar-refractivity contribution in [3.63, 3.8) is 0 Å². The van der Waals surface area contributed by atoms with E-state index in [0.717, 1.165) is 24.9 Å². The minimum absolute atomic E-state index is 0.289. The van der Waals surface area contributed by atoms with Crippen LogP contribution in [0.3, 0.4) is 0 Å². The Labute approximate surface area is 169 Å². The first-order valence-electron chi connectivity index (χ1n) is 10.0. The minimum atomic E-state index is -4.33. The second-order valence-corrected chi connectivity index (χ2v) is 7.84. The average Bonchev–Trinajstić information content (AvgIpc) is 3.20. The summed E-state index contributed by atoms with van der Waals surface area (Å²) in [7, 11) is 0. The van der Waals surface area contributed by atoms with Gasteiger partial charge in [0, 0.05) is 24.3 Å². The lowest BCUT2D eigenvalue weighted by molar-refractivity contribution is -0.138. The molecule has 1 saturated heterocycles. The van der Waals surface area contributed by atoms with Crippen molar-refractivity contribution in [2.75, 3.05) is 13.1 Å². The van der Waals surface area contributed by atoms with Gasteiger partial charge in [0.25, 0.3) is 0 Å². The molecular weight excluding hydrogens is 373 g/mol. The van der Waals surface area contributed by atoms with Crippen LogP contribution in [-0.2, 0) is 6.18 Å². The highest BCUT2D eigenvalue weighted by Crippen LogP contribution is 2.38. The number of aromatic amines is 1. The van der Waals surface area contributed by atoms with Crippen LogP contribution in [0.5, 0.6) is 0 Å². The van der Waals surface area contributed by atoms with Gasteiger partial charge in [0.1, 0.15) is 0 Å². The lowest BCUT2D eigenvalue weighted by Crippen LogP contribution is -2.34. The topological polar surface area (TPSA) is 19.0 Å². The lowest BCUT2D eigenvalue weighted by Gasteiger charge is -2.36. The van der Waals surface area contributed by atoms with Crippen LogP contribution in [0.2, 0.25) is 0 Å². The molecule has 2 heterocycles. The number of nitrogens with zero attached hydrogens (tertiary/aromatic N) is 1. The number of allylic oxidation sites excluding steroid dienone is 1. The van der Waals surface area contributed by atoms with Crippen molar-refractivity contribution in [3.05, 3.63) is 77.0 Å². The number of rotatable bonds is 3. The number of hydrogen-bond acceptors (Lipinski definition) is 1. The monoisotopic (exact) mass is 398 g/mol. The summed E-state index contributed by atoms with van der Waals surface area (Å²) in [6, 6.07) is 14.1. The van der Waals surface area contributed by atoms with E-state index in [9.17, 15) is 13.2 Å². The zero-order chi connectivity index (χ0) is 20.6. The summed E-state index contributed by atoms with van der Waals surface area (Å²) in [6.45, 7) is 5.51. The van der Waals surface area contributed by atoms with Gasteiger partial charge in [-0.15, -0.1) is 0 Å². The van der Waals surface area contributed by atoms with Crippen molar-refractivity contribution < 1.29 is 13.2 Å².